The third kappa shape index (κ3) is 5.53. The van der Waals surface area contributed by atoms with Gasteiger partial charge in [-0.15, -0.1) is 0 Å². The van der Waals surface area contributed by atoms with Gasteiger partial charge in [-0.2, -0.15) is 0 Å². The quantitative estimate of drug-likeness (QED) is 0.231. The van der Waals surface area contributed by atoms with Crippen LogP contribution in [0.1, 0.15) is 96.9 Å². The molecule has 222 valence electrons. The topological polar surface area (TPSA) is 116 Å². The molecule has 0 saturated heterocycles. The number of H-pyrrole nitrogens is 2. The van der Waals surface area contributed by atoms with Crippen LogP contribution in [-0.4, -0.2) is 51.2 Å². The van der Waals surface area contributed by atoms with Crippen molar-refractivity contribution < 1.29 is 14.6 Å². The van der Waals surface area contributed by atoms with E-state index in [1.54, 1.807) is 7.11 Å². The van der Waals surface area contributed by atoms with Gasteiger partial charge in [-0.05, 0) is 92.6 Å². The number of rotatable bonds is 8. The van der Waals surface area contributed by atoms with Gasteiger partial charge < -0.3 is 25.1 Å². The van der Waals surface area contributed by atoms with Gasteiger partial charge in [0.15, 0.2) is 0 Å². The molecule has 2 atom stereocenters. The van der Waals surface area contributed by atoms with E-state index >= 15 is 0 Å². The molecule has 42 heavy (non-hydrogen) atoms. The van der Waals surface area contributed by atoms with E-state index in [0.717, 1.165) is 79.1 Å². The van der Waals surface area contributed by atoms with E-state index in [2.05, 4.69) is 74.2 Å². The minimum Gasteiger partial charge on any atom is -0.392 e. The van der Waals surface area contributed by atoms with Gasteiger partial charge in [0.2, 0.25) is 5.91 Å². The molecule has 0 spiro atoms. The summed E-state index contributed by atoms with van der Waals surface area (Å²) < 4.78 is 5.08. The van der Waals surface area contributed by atoms with Crippen molar-refractivity contribution >= 4 is 39.1 Å². The fourth-order valence-electron chi connectivity index (χ4n) is 6.32. The first-order chi connectivity index (χ1) is 20.2. The smallest absolute Gasteiger partial charge is 0.220 e. The highest BCUT2D eigenvalue weighted by Gasteiger charge is 2.31. The van der Waals surface area contributed by atoms with Crippen LogP contribution in [0.2, 0.25) is 0 Å². The van der Waals surface area contributed by atoms with Gasteiger partial charge in [-0.1, -0.05) is 13.8 Å². The number of ether oxygens (including phenoxy) is 1. The number of methoxy groups -OCH3 is 1. The number of aliphatic hydroxyl groups is 1. The Morgan fingerprint density at radius 3 is 2.40 bits per heavy atom. The molecule has 1 amide bonds. The minimum atomic E-state index is -0.0708. The number of aryl methyl sites for hydroxylation is 3. The number of allylic oxidation sites excluding steroid dienone is 2. The lowest BCUT2D eigenvalue weighted by Gasteiger charge is -2.17. The number of aromatic nitrogens is 4. The molecular formula is C34H43N5O3. The summed E-state index contributed by atoms with van der Waals surface area (Å²) in [5.74, 6) is 0.222. The molecule has 0 saturated carbocycles. The minimum absolute atomic E-state index is 0.0241. The maximum atomic E-state index is 12.6. The third-order valence-electron chi connectivity index (χ3n) is 9.03. The number of hydrogen-bond acceptors (Lipinski definition) is 5. The van der Waals surface area contributed by atoms with Crippen LogP contribution in [0.25, 0.3) is 33.2 Å². The van der Waals surface area contributed by atoms with Crippen LogP contribution in [0.5, 0.6) is 0 Å². The summed E-state index contributed by atoms with van der Waals surface area (Å²) in [6.45, 7) is 13.7. The second-order valence-electron chi connectivity index (χ2n) is 11.6. The van der Waals surface area contributed by atoms with Crippen molar-refractivity contribution in [2.45, 2.75) is 79.2 Å². The summed E-state index contributed by atoms with van der Waals surface area (Å²) in [5, 5.41) is 13.3. The first kappa shape index (κ1) is 29.7. The zero-order chi connectivity index (χ0) is 30.1. The lowest BCUT2D eigenvalue weighted by atomic mass is 9.86. The Bertz CT molecular complexity index is 1710. The molecule has 0 unspecified atom stereocenters. The van der Waals surface area contributed by atoms with Crippen LogP contribution in [0.3, 0.4) is 0 Å². The molecule has 8 nitrogen and oxygen atoms in total. The monoisotopic (exact) mass is 569 g/mol. The average molecular weight is 570 g/mol. The van der Waals surface area contributed by atoms with E-state index in [1.807, 2.05) is 6.92 Å². The van der Waals surface area contributed by atoms with Gasteiger partial charge in [0.05, 0.1) is 24.6 Å². The van der Waals surface area contributed by atoms with Crippen LogP contribution in [0, 0.1) is 20.8 Å². The number of aliphatic hydroxyl groups excluding tert-OH is 1. The number of fused-ring (bicyclic) bond motifs is 8. The molecule has 8 heteroatoms. The van der Waals surface area contributed by atoms with Gasteiger partial charge in [-0.3, -0.25) is 9.78 Å². The maximum absolute atomic E-state index is 12.6. The first-order valence-corrected chi connectivity index (χ1v) is 14.9. The van der Waals surface area contributed by atoms with Gasteiger partial charge in [0.25, 0.3) is 0 Å². The van der Waals surface area contributed by atoms with E-state index < -0.39 is 0 Å². The fraction of sp³-hybridized carbons (Fsp3) is 0.441. The Kier molecular flexibility index (Phi) is 8.66. The molecule has 0 aliphatic carbocycles. The van der Waals surface area contributed by atoms with Crippen LogP contribution in [0.15, 0.2) is 24.3 Å². The Balaban J connectivity index is 1.75. The molecule has 3 aromatic rings. The number of amides is 1. The third-order valence-corrected chi connectivity index (χ3v) is 9.03. The SMILES string of the molecule is CCC1=C(C)c2cc3[nH]c(cc4nc(c(C)c5cc(C)c(cc1n2)[nH]5)[C@@H](CCC(=O)NCCOC)[C@@H]4C)c(C)c3CO. The predicted octanol–water partition coefficient (Wildman–Crippen LogP) is 6.50. The summed E-state index contributed by atoms with van der Waals surface area (Å²) in [4.78, 5) is 30.1. The van der Waals surface area contributed by atoms with Gasteiger partial charge in [0.1, 0.15) is 0 Å². The van der Waals surface area contributed by atoms with Crippen molar-refractivity contribution in [3.63, 3.8) is 0 Å². The summed E-state index contributed by atoms with van der Waals surface area (Å²) in [7, 11) is 1.63. The van der Waals surface area contributed by atoms with Crippen molar-refractivity contribution in [2.75, 3.05) is 20.3 Å². The van der Waals surface area contributed by atoms with Crippen molar-refractivity contribution in [1.82, 2.24) is 25.3 Å². The Hall–Kier alpha value is -3.75. The standard InChI is InChI=1S/C34H43N5O3/c1-8-23-19(3)29-16-32-25(17-40)21(5)28(38-32)15-30-20(4)24(9-10-33(41)35-11-12-42-7)34(39-30)22(6)27-13-18(2)26(36-27)14-31(23)37-29/h13-16,20,24,36,38,40H,8-12,17H2,1-7H3,(H,35,41)/t20-,24-/m0/s1. The summed E-state index contributed by atoms with van der Waals surface area (Å²) in [6, 6.07) is 8.50. The summed E-state index contributed by atoms with van der Waals surface area (Å²) >= 11 is 0. The fourth-order valence-corrected chi connectivity index (χ4v) is 6.32. The number of carbonyl (C=O) groups excluding carboxylic acids is 1. The summed E-state index contributed by atoms with van der Waals surface area (Å²) in [5.41, 5.74) is 14.2. The molecule has 5 rings (SSSR count). The Morgan fingerprint density at radius 1 is 0.976 bits per heavy atom. The second kappa shape index (κ2) is 12.2. The van der Waals surface area contributed by atoms with Crippen LogP contribution < -0.4 is 5.32 Å². The van der Waals surface area contributed by atoms with Crippen molar-refractivity contribution in [3.8, 4) is 0 Å². The number of carbonyl (C=O) groups is 1. The lowest BCUT2D eigenvalue weighted by molar-refractivity contribution is -0.121. The lowest BCUT2D eigenvalue weighted by Crippen LogP contribution is -2.27. The number of hydrogen-bond donors (Lipinski definition) is 4. The first-order valence-electron chi connectivity index (χ1n) is 14.9. The van der Waals surface area contributed by atoms with Crippen molar-refractivity contribution in [3.05, 3.63) is 69.3 Å². The molecule has 0 aromatic carbocycles. The van der Waals surface area contributed by atoms with E-state index in [9.17, 15) is 9.90 Å². The normalized spacial score (nSPS) is 16.8. The highest BCUT2D eigenvalue weighted by Crippen LogP contribution is 2.42. The van der Waals surface area contributed by atoms with Gasteiger partial charge in [0, 0.05) is 70.9 Å². The van der Waals surface area contributed by atoms with E-state index in [-0.39, 0.29) is 24.3 Å². The average Bonchev–Trinajstić information content (AvgIpc) is 3.66. The zero-order valence-corrected chi connectivity index (χ0v) is 25.9. The number of aromatic amines is 2. The molecule has 4 N–H and O–H groups in total. The van der Waals surface area contributed by atoms with Gasteiger partial charge >= 0.3 is 0 Å². The molecule has 2 aliphatic heterocycles. The molecule has 0 fully saturated rings. The number of nitrogens with zero attached hydrogens (tertiary/aromatic N) is 2. The zero-order valence-electron chi connectivity index (χ0n) is 25.9. The van der Waals surface area contributed by atoms with Crippen LogP contribution in [-0.2, 0) is 16.1 Å². The molecule has 2 aliphatic rings. The van der Waals surface area contributed by atoms with Gasteiger partial charge in [-0.25, -0.2) is 4.98 Å². The Morgan fingerprint density at radius 2 is 1.69 bits per heavy atom. The highest BCUT2D eigenvalue weighted by atomic mass is 16.5. The largest absolute Gasteiger partial charge is 0.392 e. The van der Waals surface area contributed by atoms with Crippen molar-refractivity contribution in [2.24, 2.45) is 0 Å². The molecule has 0 radical (unpaired) electrons. The predicted molar refractivity (Wildman–Crippen MR) is 169 cm³/mol. The van der Waals surface area contributed by atoms with Crippen LogP contribution >= 0.6 is 0 Å². The summed E-state index contributed by atoms with van der Waals surface area (Å²) in [6.07, 6.45) is 1.98. The maximum Gasteiger partial charge on any atom is 0.220 e. The molecule has 3 aromatic heterocycles. The molecular weight excluding hydrogens is 526 g/mol. The van der Waals surface area contributed by atoms with E-state index in [4.69, 9.17) is 14.7 Å². The van der Waals surface area contributed by atoms with Crippen LogP contribution in [0.4, 0.5) is 0 Å². The highest BCUT2D eigenvalue weighted by molar-refractivity contribution is 5.92. The second-order valence-corrected chi connectivity index (χ2v) is 11.6. The molecule has 8 bridgehead atoms. The van der Waals surface area contributed by atoms with E-state index in [1.165, 1.54) is 5.57 Å². The van der Waals surface area contributed by atoms with Crippen molar-refractivity contribution in [1.29, 1.82) is 0 Å². The molecule has 5 heterocycles. The van der Waals surface area contributed by atoms with E-state index in [0.29, 0.717) is 26.0 Å². The Labute approximate surface area is 247 Å². The number of nitrogens with one attached hydrogen (secondary N) is 3.